The Kier molecular flexibility index (Phi) is 6.16. The van der Waals surface area contributed by atoms with Gasteiger partial charge in [0.1, 0.15) is 0 Å². The molecule has 1 aliphatic rings. The number of rotatable bonds is 4. The first-order valence-electron chi connectivity index (χ1n) is 14.2. The van der Waals surface area contributed by atoms with Crippen LogP contribution in [-0.2, 0) is 5.41 Å². The third-order valence-corrected chi connectivity index (χ3v) is 8.60. The smallest absolute Gasteiger partial charge is 0.0885 e. The summed E-state index contributed by atoms with van der Waals surface area (Å²) in [6, 6.07) is 28.6. The van der Waals surface area contributed by atoms with E-state index in [0.717, 1.165) is 28.1 Å². The van der Waals surface area contributed by atoms with E-state index < -0.39 is 0 Å². The van der Waals surface area contributed by atoms with Crippen molar-refractivity contribution in [1.82, 2.24) is 19.9 Å². The number of aromatic nitrogens is 4. The molecule has 6 aromatic rings. The molecule has 7 rings (SSSR count). The molecule has 204 valence electrons. The Morgan fingerprint density at radius 1 is 0.548 bits per heavy atom. The van der Waals surface area contributed by atoms with Gasteiger partial charge in [0.25, 0.3) is 0 Å². The minimum atomic E-state index is -0.0932. The van der Waals surface area contributed by atoms with Crippen LogP contribution in [0.15, 0.2) is 116 Å². The molecule has 0 saturated carbocycles. The zero-order valence-electron chi connectivity index (χ0n) is 24.2. The molecular weight excluding hydrogens is 514 g/mol. The lowest BCUT2D eigenvalue weighted by atomic mass is 9.73. The number of benzene rings is 4. The predicted octanol–water partition coefficient (Wildman–Crippen LogP) is 8.99. The minimum Gasteiger partial charge on any atom is -0.310 e. The highest BCUT2D eigenvalue weighted by Gasteiger charge is 2.36. The molecule has 0 saturated heterocycles. The van der Waals surface area contributed by atoms with Gasteiger partial charge >= 0.3 is 0 Å². The zero-order chi connectivity index (χ0) is 28.8. The van der Waals surface area contributed by atoms with Gasteiger partial charge in [0, 0.05) is 47.0 Å². The molecule has 0 spiro atoms. The van der Waals surface area contributed by atoms with E-state index >= 15 is 0 Å². The van der Waals surface area contributed by atoms with Gasteiger partial charge in [-0.15, -0.1) is 0 Å². The first-order valence-corrected chi connectivity index (χ1v) is 14.2. The summed E-state index contributed by atoms with van der Waals surface area (Å²) in [6.45, 7) is 9.09. The van der Waals surface area contributed by atoms with Crippen LogP contribution in [0.3, 0.4) is 0 Å². The van der Waals surface area contributed by atoms with Gasteiger partial charge in [-0.25, -0.2) is 0 Å². The Labute approximate surface area is 246 Å². The topological polar surface area (TPSA) is 54.8 Å². The molecule has 0 radical (unpaired) electrons. The molecule has 5 nitrogen and oxygen atoms in total. The predicted molar refractivity (Wildman–Crippen MR) is 170 cm³/mol. The molecule has 0 N–H and O–H groups in total. The van der Waals surface area contributed by atoms with Gasteiger partial charge in [-0.05, 0) is 83.6 Å². The van der Waals surface area contributed by atoms with Crippen LogP contribution in [0.1, 0.15) is 36.1 Å². The molecular formula is C37H31N5. The van der Waals surface area contributed by atoms with Crippen LogP contribution in [0, 0.1) is 13.8 Å². The number of nitrogens with zero attached hydrogens (tertiary/aromatic N) is 5. The van der Waals surface area contributed by atoms with Crippen LogP contribution >= 0.6 is 0 Å². The fraction of sp³-hybridized carbons (Fsp3) is 0.135. The Morgan fingerprint density at radius 3 is 1.60 bits per heavy atom. The highest BCUT2D eigenvalue weighted by atomic mass is 15.2. The van der Waals surface area contributed by atoms with E-state index in [-0.39, 0.29) is 5.41 Å². The van der Waals surface area contributed by atoms with Gasteiger partial charge in [0.2, 0.25) is 0 Å². The lowest BCUT2D eigenvalue weighted by Crippen LogP contribution is -2.30. The first kappa shape index (κ1) is 25.8. The van der Waals surface area contributed by atoms with Crippen molar-refractivity contribution < 1.29 is 0 Å². The maximum atomic E-state index is 4.58. The fourth-order valence-corrected chi connectivity index (χ4v) is 6.27. The van der Waals surface area contributed by atoms with E-state index in [1.54, 1.807) is 37.2 Å². The van der Waals surface area contributed by atoms with Gasteiger partial charge < -0.3 is 4.90 Å². The largest absolute Gasteiger partial charge is 0.310 e. The Balaban J connectivity index is 1.41. The lowest BCUT2D eigenvalue weighted by Gasteiger charge is -2.42. The molecule has 0 unspecified atom stereocenters. The van der Waals surface area contributed by atoms with E-state index in [1.807, 2.05) is 0 Å². The quantitative estimate of drug-likeness (QED) is 0.221. The summed E-state index contributed by atoms with van der Waals surface area (Å²) in [7, 11) is 0. The maximum absolute atomic E-state index is 4.58. The van der Waals surface area contributed by atoms with Crippen molar-refractivity contribution in [1.29, 1.82) is 0 Å². The third kappa shape index (κ3) is 4.17. The van der Waals surface area contributed by atoms with E-state index in [1.165, 1.54) is 44.9 Å². The van der Waals surface area contributed by atoms with Crippen molar-refractivity contribution in [3.63, 3.8) is 0 Å². The number of para-hydroxylation sites is 2. The second kappa shape index (κ2) is 10.0. The molecule has 0 bridgehead atoms. The summed E-state index contributed by atoms with van der Waals surface area (Å²) in [4.78, 5) is 20.2. The molecule has 4 aromatic carbocycles. The minimum absolute atomic E-state index is 0.0932. The molecule has 0 fully saturated rings. The van der Waals surface area contributed by atoms with Crippen LogP contribution in [-0.4, -0.2) is 19.9 Å². The van der Waals surface area contributed by atoms with Crippen LogP contribution in [0.25, 0.3) is 33.6 Å². The van der Waals surface area contributed by atoms with Crippen LogP contribution < -0.4 is 4.90 Å². The number of hydrogen-bond acceptors (Lipinski definition) is 5. The monoisotopic (exact) mass is 545 g/mol. The van der Waals surface area contributed by atoms with Crippen LogP contribution in [0.5, 0.6) is 0 Å². The van der Waals surface area contributed by atoms with Crippen molar-refractivity contribution in [3.05, 3.63) is 138 Å². The number of fused-ring (bicyclic) bond motifs is 2. The normalized spacial score (nSPS) is 13.4. The van der Waals surface area contributed by atoms with Gasteiger partial charge in [-0.3, -0.25) is 19.9 Å². The van der Waals surface area contributed by atoms with Gasteiger partial charge in [-0.1, -0.05) is 56.3 Å². The summed E-state index contributed by atoms with van der Waals surface area (Å²) < 4.78 is 0. The van der Waals surface area contributed by atoms with Crippen molar-refractivity contribution in [3.8, 4) is 33.6 Å². The van der Waals surface area contributed by atoms with Crippen LogP contribution in [0.4, 0.5) is 17.1 Å². The lowest BCUT2D eigenvalue weighted by molar-refractivity contribution is 0.632. The average Bonchev–Trinajstić information content (AvgIpc) is 3.04. The molecule has 0 atom stereocenters. The van der Waals surface area contributed by atoms with Gasteiger partial charge in [0.05, 0.1) is 35.2 Å². The molecule has 42 heavy (non-hydrogen) atoms. The summed E-state index contributed by atoms with van der Waals surface area (Å²) in [5.41, 5.74) is 14.6. The van der Waals surface area contributed by atoms with E-state index in [0.29, 0.717) is 0 Å². The van der Waals surface area contributed by atoms with Gasteiger partial charge in [0.15, 0.2) is 0 Å². The summed E-state index contributed by atoms with van der Waals surface area (Å²) >= 11 is 0. The van der Waals surface area contributed by atoms with Crippen molar-refractivity contribution in [2.75, 3.05) is 4.90 Å². The fourth-order valence-electron chi connectivity index (χ4n) is 6.27. The molecule has 3 heterocycles. The van der Waals surface area contributed by atoms with Crippen molar-refractivity contribution >= 4 is 17.1 Å². The second-order valence-electron chi connectivity index (χ2n) is 11.4. The van der Waals surface area contributed by atoms with E-state index in [4.69, 9.17) is 0 Å². The standard InChI is InChI=1S/C37H31N5/c1-24-25(2)34(42-35-11-7-5-9-30(35)37(3,4)31-10-6-8-12-36(31)42)14-13-29(24)26-19-27(32-22-38-15-17-40-32)21-28(20-26)33-23-39-16-18-41-33/h5-23H,1-4H3. The van der Waals surface area contributed by atoms with Crippen LogP contribution in [0.2, 0.25) is 0 Å². The SMILES string of the molecule is Cc1c(-c2cc(-c3cnccn3)cc(-c3cnccn3)c2)ccc(N2c3ccccc3C(C)(C)c3ccccc32)c1C. The molecule has 0 amide bonds. The Bertz CT molecular complexity index is 1820. The second-order valence-corrected chi connectivity index (χ2v) is 11.4. The van der Waals surface area contributed by atoms with E-state index in [2.05, 4.69) is 131 Å². The highest BCUT2D eigenvalue weighted by molar-refractivity contribution is 5.89. The maximum Gasteiger partial charge on any atom is 0.0885 e. The van der Waals surface area contributed by atoms with Crippen molar-refractivity contribution in [2.45, 2.75) is 33.1 Å². The highest BCUT2D eigenvalue weighted by Crippen LogP contribution is 2.52. The molecule has 2 aromatic heterocycles. The van der Waals surface area contributed by atoms with E-state index in [9.17, 15) is 0 Å². The summed E-state index contributed by atoms with van der Waals surface area (Å²) in [5.74, 6) is 0. The Morgan fingerprint density at radius 2 is 1.07 bits per heavy atom. The number of anilines is 3. The Hall–Kier alpha value is -5.16. The molecule has 1 aliphatic heterocycles. The number of hydrogen-bond donors (Lipinski definition) is 0. The third-order valence-electron chi connectivity index (χ3n) is 8.60. The summed E-state index contributed by atoms with van der Waals surface area (Å²) in [6.07, 6.45) is 10.4. The first-order chi connectivity index (χ1) is 20.4. The average molecular weight is 546 g/mol. The summed E-state index contributed by atoms with van der Waals surface area (Å²) in [5, 5.41) is 0. The molecule has 5 heteroatoms. The van der Waals surface area contributed by atoms with Gasteiger partial charge in [-0.2, -0.15) is 0 Å². The zero-order valence-corrected chi connectivity index (χ0v) is 24.2. The van der Waals surface area contributed by atoms with Crippen molar-refractivity contribution in [2.24, 2.45) is 0 Å². The molecule has 0 aliphatic carbocycles.